The minimum atomic E-state index is -1.14. The Hall–Kier alpha value is -1.83. The highest BCUT2D eigenvalue weighted by Crippen LogP contribution is 2.58. The van der Waals surface area contributed by atoms with Gasteiger partial charge in [-0.3, -0.25) is 4.79 Å². The van der Waals surface area contributed by atoms with Gasteiger partial charge in [0.25, 0.3) is 0 Å². The number of carbonyl (C=O) groups excluding carboxylic acids is 2. The maximum absolute atomic E-state index is 12.7. The number of carboxylic acid groups (broad SMARTS) is 1. The van der Waals surface area contributed by atoms with Crippen LogP contribution in [0.15, 0.2) is 0 Å². The molecule has 0 aromatic heterocycles. The zero-order valence-electron chi connectivity index (χ0n) is 28.2. The molecule has 4 N–H and O–H groups in total. The number of nitrogens with two attached hydrogens (primary N) is 1. The van der Waals surface area contributed by atoms with E-state index in [2.05, 4.69) is 19.2 Å². The van der Waals surface area contributed by atoms with E-state index >= 15 is 0 Å². The van der Waals surface area contributed by atoms with Gasteiger partial charge in [-0.1, -0.05) is 65.2 Å². The normalized spacial score (nSPS) is 36.5. The lowest BCUT2D eigenvalue weighted by atomic mass is 9.54. The molecule has 1 amide bonds. The third kappa shape index (κ3) is 9.16. The number of amides is 1. The number of rotatable bonds is 15. The van der Waals surface area contributed by atoms with E-state index in [4.69, 9.17) is 20.3 Å². The number of nitrogens with one attached hydrogen (secondary N) is 1. The molecule has 8 heteroatoms. The average Bonchev–Trinajstić information content (AvgIpc) is 2.95. The first-order valence-electron chi connectivity index (χ1n) is 18.8. The van der Waals surface area contributed by atoms with Crippen LogP contribution in [0.25, 0.3) is 0 Å². The summed E-state index contributed by atoms with van der Waals surface area (Å²) < 4.78 is 12.0. The highest BCUT2D eigenvalue weighted by atomic mass is 16.6. The van der Waals surface area contributed by atoms with E-state index in [1.807, 2.05) is 0 Å². The van der Waals surface area contributed by atoms with Gasteiger partial charge in [-0.05, 0) is 125 Å². The molecule has 2 unspecified atom stereocenters. The molecule has 0 radical (unpaired) electrons. The van der Waals surface area contributed by atoms with Crippen molar-refractivity contribution in [2.75, 3.05) is 0 Å². The first-order chi connectivity index (χ1) is 21.6. The zero-order valence-corrected chi connectivity index (χ0v) is 28.2. The number of esters is 2. The number of carbonyl (C=O) groups is 3. The van der Waals surface area contributed by atoms with Gasteiger partial charge in [0, 0.05) is 0 Å². The van der Waals surface area contributed by atoms with E-state index in [-0.39, 0.29) is 23.1 Å². The van der Waals surface area contributed by atoms with Crippen LogP contribution in [-0.2, 0) is 19.1 Å². The van der Waals surface area contributed by atoms with Gasteiger partial charge in [0.15, 0.2) is 0 Å². The van der Waals surface area contributed by atoms with Crippen LogP contribution in [0.3, 0.4) is 0 Å². The molecule has 0 aliphatic heterocycles. The number of hydrogen-bond acceptors (Lipinski definition) is 6. The van der Waals surface area contributed by atoms with Crippen LogP contribution in [0.5, 0.6) is 0 Å². The topological polar surface area (TPSA) is 128 Å². The standard InChI is InChI=1S/C19H31NO4.C18H31NO2/c1-2-3-4-5-6-16(20-18(22)23)17(21)24-19-10-13-7-14(11-19)9-15(8-13)12-19;1-2-3-4-5-6-16(19)17(20)21-18-10-13-7-14(11-18)9-15(8-13)12-18/h13-16,20H,2-12H2,1H3,(H,22,23);13-16H,2-12,19H2,1H3. The Morgan fingerprint density at radius 1 is 0.644 bits per heavy atom. The lowest BCUT2D eigenvalue weighted by molar-refractivity contribution is -0.189. The highest BCUT2D eigenvalue weighted by Gasteiger charge is 2.54. The third-order valence-electron chi connectivity index (χ3n) is 12.2. The molecule has 8 bridgehead atoms. The maximum atomic E-state index is 12.7. The van der Waals surface area contributed by atoms with Crippen molar-refractivity contribution in [2.45, 2.75) is 178 Å². The fourth-order valence-corrected chi connectivity index (χ4v) is 11.0. The van der Waals surface area contributed by atoms with Crippen molar-refractivity contribution in [3.8, 4) is 0 Å². The smallest absolute Gasteiger partial charge is 0.405 e. The Balaban J connectivity index is 0.000000179. The molecule has 0 aromatic carbocycles. The Kier molecular flexibility index (Phi) is 11.8. The molecule has 0 saturated heterocycles. The van der Waals surface area contributed by atoms with Gasteiger partial charge in [0.1, 0.15) is 23.3 Å². The van der Waals surface area contributed by atoms with Crippen LogP contribution < -0.4 is 11.1 Å². The molecular formula is C37H62N2O6. The first-order valence-corrected chi connectivity index (χ1v) is 18.8. The van der Waals surface area contributed by atoms with Crippen LogP contribution in [0.2, 0.25) is 0 Å². The van der Waals surface area contributed by atoms with Gasteiger partial charge in [-0.2, -0.15) is 0 Å². The van der Waals surface area contributed by atoms with Crippen molar-refractivity contribution in [3.63, 3.8) is 0 Å². The largest absolute Gasteiger partial charge is 0.465 e. The van der Waals surface area contributed by atoms with E-state index in [1.54, 1.807) is 0 Å². The molecule has 8 rings (SSSR count). The van der Waals surface area contributed by atoms with Gasteiger partial charge < -0.3 is 25.6 Å². The van der Waals surface area contributed by atoms with Crippen molar-refractivity contribution >= 4 is 18.0 Å². The Labute approximate surface area is 271 Å². The molecule has 8 fully saturated rings. The molecule has 0 heterocycles. The second-order valence-corrected chi connectivity index (χ2v) is 16.4. The molecule has 2 atom stereocenters. The molecule has 256 valence electrons. The third-order valence-corrected chi connectivity index (χ3v) is 12.2. The van der Waals surface area contributed by atoms with Gasteiger partial charge in [0.05, 0.1) is 0 Å². The summed E-state index contributed by atoms with van der Waals surface area (Å²) in [6, 6.07) is -1.12. The maximum Gasteiger partial charge on any atom is 0.405 e. The number of unbranched alkanes of at least 4 members (excludes halogenated alkanes) is 6. The zero-order chi connectivity index (χ0) is 32.0. The average molecular weight is 631 g/mol. The molecule has 45 heavy (non-hydrogen) atoms. The van der Waals surface area contributed by atoms with Crippen LogP contribution in [0.1, 0.15) is 155 Å². The van der Waals surface area contributed by atoms with E-state index in [0.717, 1.165) is 94.8 Å². The molecular weight excluding hydrogens is 568 g/mol. The molecule has 0 spiro atoms. The number of ether oxygens (including phenoxy) is 2. The minimum Gasteiger partial charge on any atom is -0.465 e. The van der Waals surface area contributed by atoms with Crippen molar-refractivity contribution in [2.24, 2.45) is 41.2 Å². The van der Waals surface area contributed by atoms with Gasteiger partial charge in [-0.15, -0.1) is 0 Å². The Morgan fingerprint density at radius 2 is 1.02 bits per heavy atom. The van der Waals surface area contributed by atoms with E-state index in [1.165, 1.54) is 57.8 Å². The summed E-state index contributed by atoms with van der Waals surface area (Å²) in [4.78, 5) is 36.1. The monoisotopic (exact) mass is 630 g/mol. The summed E-state index contributed by atoms with van der Waals surface area (Å²) in [5.41, 5.74) is 5.62. The van der Waals surface area contributed by atoms with E-state index in [9.17, 15) is 14.4 Å². The highest BCUT2D eigenvalue weighted by molar-refractivity contribution is 5.81. The van der Waals surface area contributed by atoms with Gasteiger partial charge in [-0.25, -0.2) is 9.59 Å². The van der Waals surface area contributed by atoms with Crippen LogP contribution in [-0.4, -0.2) is 46.4 Å². The predicted octanol–water partition coefficient (Wildman–Crippen LogP) is 7.90. The molecule has 8 aliphatic carbocycles. The molecule has 8 aliphatic rings. The first kappa shape index (κ1) is 34.5. The minimum absolute atomic E-state index is 0.131. The predicted molar refractivity (Wildman–Crippen MR) is 174 cm³/mol. The fraction of sp³-hybridized carbons (Fsp3) is 0.919. The van der Waals surface area contributed by atoms with E-state index in [0.29, 0.717) is 24.2 Å². The van der Waals surface area contributed by atoms with Crippen LogP contribution in [0.4, 0.5) is 4.79 Å². The lowest BCUT2D eigenvalue weighted by Crippen LogP contribution is -2.55. The molecule has 8 saturated carbocycles. The van der Waals surface area contributed by atoms with Gasteiger partial charge >= 0.3 is 18.0 Å². The van der Waals surface area contributed by atoms with Crippen LogP contribution in [0, 0.1) is 35.5 Å². The van der Waals surface area contributed by atoms with Crippen molar-refractivity contribution in [3.05, 3.63) is 0 Å². The summed E-state index contributed by atoms with van der Waals surface area (Å²) in [7, 11) is 0. The van der Waals surface area contributed by atoms with Crippen LogP contribution >= 0.6 is 0 Å². The Bertz CT molecular complexity index is 942. The van der Waals surface area contributed by atoms with E-state index < -0.39 is 18.2 Å². The lowest BCUT2D eigenvalue weighted by Gasteiger charge is -2.55. The quantitative estimate of drug-likeness (QED) is 0.124. The number of hydrogen-bond donors (Lipinski definition) is 3. The van der Waals surface area contributed by atoms with Gasteiger partial charge in [0.2, 0.25) is 0 Å². The fourth-order valence-electron chi connectivity index (χ4n) is 11.0. The van der Waals surface area contributed by atoms with Crippen molar-refractivity contribution in [1.29, 1.82) is 0 Å². The van der Waals surface area contributed by atoms with Crippen molar-refractivity contribution < 1.29 is 29.0 Å². The second kappa shape index (κ2) is 15.4. The summed E-state index contributed by atoms with van der Waals surface area (Å²) in [6.07, 6.45) is 23.3. The summed E-state index contributed by atoms with van der Waals surface area (Å²) in [5.74, 6) is 4.07. The summed E-state index contributed by atoms with van der Waals surface area (Å²) in [5, 5.41) is 11.4. The second-order valence-electron chi connectivity index (χ2n) is 16.4. The SMILES string of the molecule is CCCCCCC(N)C(=O)OC12CC3CC(CC(C3)C1)C2.CCCCCCC(NC(=O)O)C(=O)OC12CC3CC(CC(C3)C1)C2. The Morgan fingerprint density at radius 3 is 1.40 bits per heavy atom. The summed E-state index contributed by atoms with van der Waals surface area (Å²) >= 11 is 0. The summed E-state index contributed by atoms with van der Waals surface area (Å²) in [6.45, 7) is 4.33. The molecule has 8 nitrogen and oxygen atoms in total. The molecule has 0 aromatic rings. The van der Waals surface area contributed by atoms with Crippen molar-refractivity contribution in [1.82, 2.24) is 5.32 Å².